The summed E-state index contributed by atoms with van der Waals surface area (Å²) in [5.41, 5.74) is 0.720. The number of rotatable bonds is 10. The summed E-state index contributed by atoms with van der Waals surface area (Å²) < 4.78 is 31.3. The molecule has 0 spiro atoms. The average Bonchev–Trinajstić information content (AvgIpc) is 2.49. The van der Waals surface area contributed by atoms with Gasteiger partial charge >= 0.3 is 0 Å². The van der Waals surface area contributed by atoms with E-state index in [1.807, 2.05) is 0 Å². The molecular formula is C13H21ClN2O4S. The molecule has 120 valence electrons. The van der Waals surface area contributed by atoms with Crippen molar-refractivity contribution in [2.24, 2.45) is 0 Å². The number of hydrogen-bond donors (Lipinski definition) is 3. The highest BCUT2D eigenvalue weighted by Gasteiger charge is 2.12. The summed E-state index contributed by atoms with van der Waals surface area (Å²) in [6, 6.07) is 6.30. The van der Waals surface area contributed by atoms with Gasteiger partial charge < -0.3 is 15.2 Å². The highest BCUT2D eigenvalue weighted by atomic mass is 35.5. The summed E-state index contributed by atoms with van der Waals surface area (Å²) in [6.07, 6.45) is -0.0244. The number of methoxy groups -OCH3 is 1. The molecule has 0 aliphatic carbocycles. The molecule has 1 aromatic carbocycles. The number of nitrogens with one attached hydrogen (secondary N) is 2. The highest BCUT2D eigenvalue weighted by Crippen LogP contribution is 2.14. The fourth-order valence-corrected chi connectivity index (χ4v) is 2.73. The van der Waals surface area contributed by atoms with Crippen molar-refractivity contribution in [1.82, 2.24) is 4.72 Å². The van der Waals surface area contributed by atoms with Crippen molar-refractivity contribution in [3.8, 4) is 0 Å². The van der Waals surface area contributed by atoms with Gasteiger partial charge in [-0.2, -0.15) is 0 Å². The van der Waals surface area contributed by atoms with E-state index >= 15 is 0 Å². The Balaban J connectivity index is 2.55. The number of benzene rings is 1. The Bertz CT molecular complexity index is 507. The van der Waals surface area contributed by atoms with E-state index < -0.39 is 16.1 Å². The minimum absolute atomic E-state index is 0.144. The molecule has 21 heavy (non-hydrogen) atoms. The zero-order valence-corrected chi connectivity index (χ0v) is 13.5. The molecule has 6 nitrogen and oxygen atoms in total. The van der Waals surface area contributed by atoms with Gasteiger partial charge in [0.1, 0.15) is 0 Å². The smallest absolute Gasteiger partial charge is 0.240 e. The number of aliphatic hydroxyl groups excluding tert-OH is 1. The van der Waals surface area contributed by atoms with Crippen molar-refractivity contribution >= 4 is 27.3 Å². The summed E-state index contributed by atoms with van der Waals surface area (Å²) in [4.78, 5) is 0.198. The molecule has 0 aliphatic rings. The SMILES string of the molecule is COCCCNS(=O)(=O)c1ccc(NCC(O)CCl)cc1. The summed E-state index contributed by atoms with van der Waals surface area (Å²) in [5, 5.41) is 12.3. The first-order valence-electron chi connectivity index (χ1n) is 6.56. The third-order valence-electron chi connectivity index (χ3n) is 2.70. The van der Waals surface area contributed by atoms with E-state index in [2.05, 4.69) is 10.0 Å². The van der Waals surface area contributed by atoms with Crippen molar-refractivity contribution in [1.29, 1.82) is 0 Å². The number of aliphatic hydroxyl groups is 1. The molecule has 1 unspecified atom stereocenters. The van der Waals surface area contributed by atoms with Crippen LogP contribution in [0.3, 0.4) is 0 Å². The van der Waals surface area contributed by atoms with Crippen molar-refractivity contribution in [3.63, 3.8) is 0 Å². The van der Waals surface area contributed by atoms with Gasteiger partial charge in [-0.25, -0.2) is 13.1 Å². The van der Waals surface area contributed by atoms with Gasteiger partial charge in [-0.15, -0.1) is 11.6 Å². The molecule has 0 aromatic heterocycles. The molecule has 0 heterocycles. The van der Waals surface area contributed by atoms with Crippen molar-refractivity contribution in [3.05, 3.63) is 24.3 Å². The molecule has 0 fully saturated rings. The lowest BCUT2D eigenvalue weighted by molar-refractivity contribution is 0.196. The number of ether oxygens (including phenoxy) is 1. The van der Waals surface area contributed by atoms with Gasteiger partial charge in [0.2, 0.25) is 10.0 Å². The fraction of sp³-hybridized carbons (Fsp3) is 0.538. The Kier molecular flexibility index (Phi) is 7.98. The normalized spacial score (nSPS) is 13.1. The lowest BCUT2D eigenvalue weighted by atomic mass is 10.3. The Morgan fingerprint density at radius 2 is 2.00 bits per heavy atom. The zero-order valence-electron chi connectivity index (χ0n) is 11.9. The maximum atomic E-state index is 12.0. The van der Waals surface area contributed by atoms with Crippen LogP contribution in [0.5, 0.6) is 0 Å². The summed E-state index contributed by atoms with van der Waals surface area (Å²) in [7, 11) is -1.93. The predicted molar refractivity (Wildman–Crippen MR) is 83.3 cm³/mol. The number of halogens is 1. The van der Waals surface area contributed by atoms with Gasteiger partial charge in [0.25, 0.3) is 0 Å². The van der Waals surface area contributed by atoms with Gasteiger partial charge in [-0.05, 0) is 30.7 Å². The third-order valence-corrected chi connectivity index (χ3v) is 4.54. The van der Waals surface area contributed by atoms with Crippen molar-refractivity contribution in [2.75, 3.05) is 38.0 Å². The zero-order chi connectivity index (χ0) is 15.7. The Morgan fingerprint density at radius 1 is 1.33 bits per heavy atom. The van der Waals surface area contributed by atoms with Gasteiger partial charge in [0, 0.05) is 32.5 Å². The van der Waals surface area contributed by atoms with E-state index in [4.69, 9.17) is 16.3 Å². The first-order valence-corrected chi connectivity index (χ1v) is 8.58. The molecule has 0 aliphatic heterocycles. The topological polar surface area (TPSA) is 87.7 Å². The lowest BCUT2D eigenvalue weighted by Gasteiger charge is -2.11. The van der Waals surface area contributed by atoms with Gasteiger partial charge in [-0.1, -0.05) is 0 Å². The van der Waals surface area contributed by atoms with Gasteiger partial charge in [0.05, 0.1) is 16.9 Å². The van der Waals surface area contributed by atoms with Crippen LogP contribution in [0.1, 0.15) is 6.42 Å². The minimum Gasteiger partial charge on any atom is -0.390 e. The highest BCUT2D eigenvalue weighted by molar-refractivity contribution is 7.89. The van der Waals surface area contributed by atoms with E-state index in [1.165, 1.54) is 12.1 Å². The van der Waals surface area contributed by atoms with E-state index in [-0.39, 0.29) is 10.8 Å². The molecule has 1 atom stereocenters. The Morgan fingerprint density at radius 3 is 2.57 bits per heavy atom. The van der Waals surface area contributed by atoms with Crippen LogP contribution < -0.4 is 10.0 Å². The largest absolute Gasteiger partial charge is 0.390 e. The maximum absolute atomic E-state index is 12.0. The third kappa shape index (κ3) is 6.62. The van der Waals surface area contributed by atoms with Crippen LogP contribution in [0.15, 0.2) is 29.2 Å². The van der Waals surface area contributed by atoms with Crippen molar-refractivity contribution in [2.45, 2.75) is 17.4 Å². The monoisotopic (exact) mass is 336 g/mol. The molecule has 0 bridgehead atoms. The van der Waals surface area contributed by atoms with Crippen LogP contribution in [-0.4, -0.2) is 52.3 Å². The summed E-state index contributed by atoms with van der Waals surface area (Å²) in [5.74, 6) is 0.144. The molecular weight excluding hydrogens is 316 g/mol. The summed E-state index contributed by atoms with van der Waals surface area (Å²) >= 11 is 5.49. The van der Waals surface area contributed by atoms with Crippen LogP contribution in [0.2, 0.25) is 0 Å². The van der Waals surface area contributed by atoms with Gasteiger partial charge in [-0.3, -0.25) is 0 Å². The molecule has 1 rings (SSSR count). The van der Waals surface area contributed by atoms with E-state index in [0.717, 1.165) is 5.69 Å². The van der Waals surface area contributed by atoms with E-state index in [0.29, 0.717) is 26.1 Å². The molecule has 3 N–H and O–H groups in total. The average molecular weight is 337 g/mol. The van der Waals surface area contributed by atoms with Crippen molar-refractivity contribution < 1.29 is 18.3 Å². The summed E-state index contributed by atoms with van der Waals surface area (Å²) in [6.45, 7) is 1.15. The van der Waals surface area contributed by atoms with Crippen LogP contribution in [-0.2, 0) is 14.8 Å². The second kappa shape index (κ2) is 9.22. The molecule has 0 saturated heterocycles. The number of hydrogen-bond acceptors (Lipinski definition) is 5. The maximum Gasteiger partial charge on any atom is 0.240 e. The number of sulfonamides is 1. The molecule has 0 saturated carbocycles. The Hall–Kier alpha value is -0.860. The minimum atomic E-state index is -3.50. The lowest BCUT2D eigenvalue weighted by Crippen LogP contribution is -2.25. The Labute approximate surface area is 130 Å². The van der Waals surface area contributed by atoms with E-state index in [9.17, 15) is 13.5 Å². The molecule has 0 amide bonds. The van der Waals surface area contributed by atoms with Crippen LogP contribution in [0, 0.1) is 0 Å². The quantitative estimate of drug-likeness (QED) is 0.438. The van der Waals surface area contributed by atoms with E-state index in [1.54, 1.807) is 19.2 Å². The number of alkyl halides is 1. The fourth-order valence-electron chi connectivity index (χ4n) is 1.55. The first kappa shape index (κ1) is 18.2. The van der Waals surface area contributed by atoms with Crippen LogP contribution in [0.25, 0.3) is 0 Å². The second-order valence-electron chi connectivity index (χ2n) is 4.46. The van der Waals surface area contributed by atoms with Crippen LogP contribution in [0.4, 0.5) is 5.69 Å². The predicted octanol–water partition coefficient (Wildman–Crippen LogP) is 1.01. The second-order valence-corrected chi connectivity index (χ2v) is 6.53. The molecule has 1 aromatic rings. The molecule has 8 heteroatoms. The van der Waals surface area contributed by atoms with Gasteiger partial charge in [0.15, 0.2) is 0 Å². The number of anilines is 1. The standard InChI is InChI=1S/C13H21ClN2O4S/c1-20-8-2-7-16-21(18,19)13-5-3-11(4-6-13)15-10-12(17)9-14/h3-6,12,15-17H,2,7-10H2,1H3. The molecule has 0 radical (unpaired) electrons. The first-order chi connectivity index (χ1) is 9.99. The van der Waals surface area contributed by atoms with Crippen LogP contribution >= 0.6 is 11.6 Å².